The van der Waals surface area contributed by atoms with Gasteiger partial charge in [-0.05, 0) is 99.3 Å². The molecule has 0 saturated heterocycles. The van der Waals surface area contributed by atoms with E-state index in [0.717, 1.165) is 39.0 Å². The van der Waals surface area contributed by atoms with Crippen LogP contribution in [0.5, 0.6) is 0 Å². The third kappa shape index (κ3) is 4.77. The molecule has 0 unspecified atom stereocenters. The normalized spacial score (nSPS) is 15.3. The lowest BCUT2D eigenvalue weighted by Gasteiger charge is -2.30. The minimum Gasteiger partial charge on any atom is -0.456 e. The van der Waals surface area contributed by atoms with Gasteiger partial charge in [-0.25, -0.2) is 0 Å². The lowest BCUT2D eigenvalue weighted by atomic mass is 9.80. The van der Waals surface area contributed by atoms with Crippen molar-refractivity contribution in [2.75, 3.05) is 4.90 Å². The molecule has 2 heteroatoms. The van der Waals surface area contributed by atoms with Crippen LogP contribution in [0.15, 0.2) is 150 Å². The second kappa shape index (κ2) is 11.7. The average Bonchev–Trinajstić information content (AvgIpc) is 3.66. The zero-order valence-electron chi connectivity index (χ0n) is 29.3. The maximum absolute atomic E-state index is 6.49. The first kappa shape index (κ1) is 30.2. The van der Waals surface area contributed by atoms with E-state index in [-0.39, 0.29) is 5.41 Å². The van der Waals surface area contributed by atoms with E-state index in [1.54, 1.807) is 0 Å². The summed E-state index contributed by atoms with van der Waals surface area (Å²) in [7, 11) is 0. The molecule has 2 aliphatic rings. The van der Waals surface area contributed by atoms with Crippen molar-refractivity contribution < 1.29 is 4.42 Å². The topological polar surface area (TPSA) is 16.4 Å². The molecule has 1 saturated carbocycles. The van der Waals surface area contributed by atoms with Crippen LogP contribution in [0.25, 0.3) is 55.0 Å². The van der Waals surface area contributed by atoms with Crippen LogP contribution in [0.2, 0.25) is 0 Å². The van der Waals surface area contributed by atoms with Gasteiger partial charge in [0.25, 0.3) is 0 Å². The Morgan fingerprint density at radius 3 is 2.08 bits per heavy atom. The molecule has 1 heterocycles. The number of anilines is 3. The lowest BCUT2D eigenvalue weighted by Crippen LogP contribution is -2.17. The number of nitrogens with zero attached hydrogens (tertiary/aromatic N) is 1. The average molecular weight is 660 g/mol. The molecule has 0 bridgehead atoms. The number of benzene rings is 7. The number of hydrogen-bond acceptors (Lipinski definition) is 2. The Kier molecular flexibility index (Phi) is 6.96. The molecular formula is C49H41NO. The number of para-hydroxylation sites is 2. The molecule has 0 spiro atoms. The van der Waals surface area contributed by atoms with Gasteiger partial charge in [0, 0.05) is 39.2 Å². The fourth-order valence-electron chi connectivity index (χ4n) is 9.36. The minimum atomic E-state index is -0.111. The number of fused-ring (bicyclic) bond motifs is 7. The zero-order chi connectivity index (χ0) is 34.1. The number of furan rings is 1. The SMILES string of the molecule is CC1(C)c2ccccc2-c2ccc(N(c3ccc4c(c3)oc3ccccc34)c3ccccc3-c3cccc4cccc(C5CCCCC5)c34)cc21. The minimum absolute atomic E-state index is 0.111. The first-order chi connectivity index (χ1) is 25.1. The lowest BCUT2D eigenvalue weighted by molar-refractivity contribution is 0.445. The molecule has 7 aromatic carbocycles. The van der Waals surface area contributed by atoms with Crippen molar-refractivity contribution in [1.29, 1.82) is 0 Å². The predicted molar refractivity (Wildman–Crippen MR) is 215 cm³/mol. The molecule has 0 aliphatic heterocycles. The van der Waals surface area contributed by atoms with Crippen molar-refractivity contribution in [2.45, 2.75) is 57.3 Å². The standard InChI is InChI=1S/C49H41NO/c1-49(2)43-23-9-6-18-37(43)38-28-26-34(30-44(38)49)50(35-27-29-41-40-20-8-11-25-46(40)51-47(41)31-35)45-24-10-7-19-39(45)42-22-13-17-33-16-12-21-36(48(33)42)32-14-4-3-5-15-32/h6-13,16-32H,3-5,14-15H2,1-2H3. The Morgan fingerprint density at radius 2 is 1.20 bits per heavy atom. The fraction of sp³-hybridized carbons (Fsp3) is 0.184. The fourth-order valence-corrected chi connectivity index (χ4v) is 9.36. The van der Waals surface area contributed by atoms with Crippen LogP contribution in [-0.2, 0) is 5.41 Å². The summed E-state index contributed by atoms with van der Waals surface area (Å²) in [5.41, 5.74) is 14.5. The van der Waals surface area contributed by atoms with Gasteiger partial charge >= 0.3 is 0 Å². The Balaban J connectivity index is 1.22. The van der Waals surface area contributed by atoms with E-state index in [1.807, 2.05) is 6.07 Å². The molecule has 0 N–H and O–H groups in total. The number of rotatable bonds is 5. The van der Waals surface area contributed by atoms with Crippen molar-refractivity contribution in [3.05, 3.63) is 162 Å². The van der Waals surface area contributed by atoms with Crippen molar-refractivity contribution in [3.63, 3.8) is 0 Å². The highest BCUT2D eigenvalue weighted by Gasteiger charge is 2.36. The van der Waals surface area contributed by atoms with Crippen LogP contribution >= 0.6 is 0 Å². The Hall–Kier alpha value is -5.60. The second-order valence-electron chi connectivity index (χ2n) is 15.1. The van der Waals surface area contributed by atoms with E-state index < -0.39 is 0 Å². The third-order valence-electron chi connectivity index (χ3n) is 11.9. The van der Waals surface area contributed by atoms with E-state index >= 15 is 0 Å². The zero-order valence-corrected chi connectivity index (χ0v) is 29.3. The maximum Gasteiger partial charge on any atom is 0.137 e. The summed E-state index contributed by atoms with van der Waals surface area (Å²) in [6, 6.07) is 53.9. The molecule has 51 heavy (non-hydrogen) atoms. The van der Waals surface area contributed by atoms with Crippen molar-refractivity contribution in [3.8, 4) is 22.3 Å². The third-order valence-corrected chi connectivity index (χ3v) is 11.9. The van der Waals surface area contributed by atoms with Crippen LogP contribution in [0.3, 0.4) is 0 Å². The van der Waals surface area contributed by atoms with E-state index in [1.165, 1.54) is 81.8 Å². The summed E-state index contributed by atoms with van der Waals surface area (Å²) in [6.07, 6.45) is 6.52. The summed E-state index contributed by atoms with van der Waals surface area (Å²) >= 11 is 0. The Labute approximate surface area is 300 Å². The first-order valence-corrected chi connectivity index (χ1v) is 18.6. The molecule has 0 radical (unpaired) electrons. The number of hydrogen-bond donors (Lipinski definition) is 0. The van der Waals surface area contributed by atoms with Gasteiger partial charge < -0.3 is 9.32 Å². The quantitative estimate of drug-likeness (QED) is 0.183. The highest BCUT2D eigenvalue weighted by atomic mass is 16.3. The van der Waals surface area contributed by atoms with Gasteiger partial charge in [0.15, 0.2) is 0 Å². The van der Waals surface area contributed by atoms with Crippen LogP contribution in [0.4, 0.5) is 17.1 Å². The summed E-state index contributed by atoms with van der Waals surface area (Å²) in [4.78, 5) is 2.46. The molecule has 10 rings (SSSR count). The van der Waals surface area contributed by atoms with Crippen LogP contribution < -0.4 is 4.90 Å². The molecule has 2 nitrogen and oxygen atoms in total. The van der Waals surface area contributed by atoms with E-state index in [2.05, 4.69) is 158 Å². The largest absolute Gasteiger partial charge is 0.456 e. The van der Waals surface area contributed by atoms with Gasteiger partial charge in [0.2, 0.25) is 0 Å². The van der Waals surface area contributed by atoms with Crippen LogP contribution in [0.1, 0.15) is 68.6 Å². The summed E-state index contributed by atoms with van der Waals surface area (Å²) < 4.78 is 6.49. The molecule has 1 fully saturated rings. The van der Waals surface area contributed by atoms with Gasteiger partial charge in [0.1, 0.15) is 11.2 Å². The molecule has 8 aromatic rings. The summed E-state index contributed by atoms with van der Waals surface area (Å²) in [5, 5.41) is 5.00. The molecule has 1 aromatic heterocycles. The molecular weight excluding hydrogens is 619 g/mol. The predicted octanol–water partition coefficient (Wildman–Crippen LogP) is 14.2. The van der Waals surface area contributed by atoms with Crippen molar-refractivity contribution in [2.24, 2.45) is 0 Å². The monoisotopic (exact) mass is 659 g/mol. The molecule has 2 aliphatic carbocycles. The summed E-state index contributed by atoms with van der Waals surface area (Å²) in [5.74, 6) is 0.600. The van der Waals surface area contributed by atoms with Crippen molar-refractivity contribution >= 4 is 49.8 Å². The van der Waals surface area contributed by atoms with Gasteiger partial charge in [-0.3, -0.25) is 0 Å². The smallest absolute Gasteiger partial charge is 0.137 e. The Bertz CT molecular complexity index is 2610. The highest BCUT2D eigenvalue weighted by molar-refractivity contribution is 6.07. The highest BCUT2D eigenvalue weighted by Crippen LogP contribution is 2.52. The van der Waals surface area contributed by atoms with Gasteiger partial charge in [-0.2, -0.15) is 0 Å². The maximum atomic E-state index is 6.49. The van der Waals surface area contributed by atoms with Crippen LogP contribution in [-0.4, -0.2) is 0 Å². The van der Waals surface area contributed by atoms with Crippen molar-refractivity contribution in [1.82, 2.24) is 0 Å². The second-order valence-corrected chi connectivity index (χ2v) is 15.1. The van der Waals surface area contributed by atoms with Gasteiger partial charge in [0.05, 0.1) is 5.69 Å². The molecule has 0 amide bonds. The van der Waals surface area contributed by atoms with E-state index in [0.29, 0.717) is 5.92 Å². The van der Waals surface area contributed by atoms with Gasteiger partial charge in [-0.15, -0.1) is 0 Å². The summed E-state index contributed by atoms with van der Waals surface area (Å²) in [6.45, 7) is 4.73. The Morgan fingerprint density at radius 1 is 0.529 bits per heavy atom. The molecule has 248 valence electrons. The van der Waals surface area contributed by atoms with E-state index in [9.17, 15) is 0 Å². The molecule has 0 atom stereocenters. The van der Waals surface area contributed by atoms with Gasteiger partial charge in [-0.1, -0.05) is 136 Å². The first-order valence-electron chi connectivity index (χ1n) is 18.6. The van der Waals surface area contributed by atoms with Crippen LogP contribution in [0, 0.1) is 0 Å². The van der Waals surface area contributed by atoms with E-state index in [4.69, 9.17) is 4.42 Å².